The monoisotopic (exact) mass is 334 g/mol. The number of aromatic amines is 1. The molecule has 0 atom stereocenters. The van der Waals surface area contributed by atoms with Gasteiger partial charge in [0.1, 0.15) is 13.2 Å². The van der Waals surface area contributed by atoms with Crippen molar-refractivity contribution in [2.24, 2.45) is 0 Å². The van der Waals surface area contributed by atoms with Gasteiger partial charge in [0, 0.05) is 17.0 Å². The molecule has 0 aliphatic carbocycles. The number of fused-ring (bicyclic) bond motifs is 1. The first-order chi connectivity index (χ1) is 11.2. The molecule has 2 aromatic rings. The smallest absolute Gasteiger partial charge is 0.305 e. The molecule has 0 bridgehead atoms. The van der Waals surface area contributed by atoms with Gasteiger partial charge in [-0.25, -0.2) is 0 Å². The van der Waals surface area contributed by atoms with Gasteiger partial charge in [-0.05, 0) is 38.2 Å². The molecule has 0 amide bonds. The van der Waals surface area contributed by atoms with Crippen LogP contribution in [0.4, 0.5) is 0 Å². The van der Waals surface area contributed by atoms with E-state index in [9.17, 15) is 4.79 Å². The highest BCUT2D eigenvalue weighted by atomic mass is 32.1. The summed E-state index contributed by atoms with van der Waals surface area (Å²) in [4.78, 5) is 18.1. The van der Waals surface area contributed by atoms with E-state index in [1.807, 2.05) is 18.2 Å². The number of benzene rings is 1. The molecule has 1 N–H and O–H groups in total. The fourth-order valence-electron chi connectivity index (χ4n) is 2.66. The first kappa shape index (κ1) is 16.1. The summed E-state index contributed by atoms with van der Waals surface area (Å²) in [6.45, 7) is 5.12. The van der Waals surface area contributed by atoms with Crippen LogP contribution in [0.15, 0.2) is 23.0 Å². The Morgan fingerprint density at radius 2 is 2.04 bits per heavy atom. The maximum Gasteiger partial charge on any atom is 0.305 e. The number of hydrogen-bond acceptors (Lipinski definition) is 5. The highest BCUT2D eigenvalue weighted by Gasteiger charge is 2.16. The molecule has 1 aliphatic heterocycles. The first-order valence-electron chi connectivity index (χ1n) is 7.98. The number of ether oxygens (including phenoxy) is 2. The Kier molecular flexibility index (Phi) is 5.03. The van der Waals surface area contributed by atoms with E-state index >= 15 is 0 Å². The second-order valence-electron chi connectivity index (χ2n) is 5.76. The second kappa shape index (κ2) is 7.19. The van der Waals surface area contributed by atoms with Gasteiger partial charge in [0.15, 0.2) is 11.5 Å². The fourth-order valence-corrected chi connectivity index (χ4v) is 3.59. The zero-order valence-corrected chi connectivity index (χ0v) is 14.4. The van der Waals surface area contributed by atoms with E-state index in [1.165, 1.54) is 17.8 Å². The van der Waals surface area contributed by atoms with E-state index in [0.29, 0.717) is 13.2 Å². The maximum absolute atomic E-state index is 11.9. The number of rotatable bonds is 6. The minimum atomic E-state index is -0.0196. The number of nitrogens with one attached hydrogen (secondary N) is 1. The standard InChI is InChI=1S/C17H22N2O3S/c1-3-4-7-19(2)11-15-16(18-17(20)23-15)12-5-6-13-14(10-12)22-9-8-21-13/h5-6,10H,3-4,7-9,11H2,1-2H3,(H,18,20). The van der Waals surface area contributed by atoms with Crippen molar-refractivity contribution in [1.29, 1.82) is 0 Å². The third kappa shape index (κ3) is 3.76. The van der Waals surface area contributed by atoms with Crippen LogP contribution in [0.25, 0.3) is 11.3 Å². The first-order valence-corrected chi connectivity index (χ1v) is 8.79. The quantitative estimate of drug-likeness (QED) is 0.882. The Morgan fingerprint density at radius 3 is 2.83 bits per heavy atom. The molecule has 2 heterocycles. The molecule has 0 saturated carbocycles. The lowest BCUT2D eigenvalue weighted by Gasteiger charge is -2.19. The normalized spacial score (nSPS) is 13.5. The Balaban J connectivity index is 1.86. The van der Waals surface area contributed by atoms with Gasteiger partial charge in [-0.3, -0.25) is 4.79 Å². The lowest BCUT2D eigenvalue weighted by molar-refractivity contribution is 0.171. The van der Waals surface area contributed by atoms with Crippen molar-refractivity contribution >= 4 is 11.3 Å². The highest BCUT2D eigenvalue weighted by molar-refractivity contribution is 7.09. The van der Waals surface area contributed by atoms with E-state index < -0.39 is 0 Å². The molecule has 5 nitrogen and oxygen atoms in total. The van der Waals surface area contributed by atoms with Crippen LogP contribution in [-0.4, -0.2) is 36.7 Å². The van der Waals surface area contributed by atoms with Crippen molar-refractivity contribution < 1.29 is 9.47 Å². The Hall–Kier alpha value is -1.79. The Labute approximate surface area is 139 Å². The molecule has 3 rings (SSSR count). The summed E-state index contributed by atoms with van der Waals surface area (Å²) >= 11 is 1.28. The largest absolute Gasteiger partial charge is 0.486 e. The van der Waals surface area contributed by atoms with E-state index in [1.54, 1.807) is 0 Å². The summed E-state index contributed by atoms with van der Waals surface area (Å²) in [5.41, 5.74) is 1.85. The molecule has 1 aliphatic rings. The molecule has 0 unspecified atom stereocenters. The van der Waals surface area contributed by atoms with Crippen LogP contribution in [0, 0.1) is 0 Å². The van der Waals surface area contributed by atoms with Crippen LogP contribution >= 0.6 is 11.3 Å². The summed E-state index contributed by atoms with van der Waals surface area (Å²) in [5.74, 6) is 1.50. The SMILES string of the molecule is CCCCN(C)Cc1sc(=O)[nH]c1-c1ccc2c(c1)OCCO2. The highest BCUT2D eigenvalue weighted by Crippen LogP contribution is 2.35. The zero-order valence-electron chi connectivity index (χ0n) is 13.6. The molecule has 0 spiro atoms. The van der Waals surface area contributed by atoms with Crippen molar-refractivity contribution in [1.82, 2.24) is 9.88 Å². The number of thiazole rings is 1. The maximum atomic E-state index is 11.9. The molecule has 6 heteroatoms. The third-order valence-electron chi connectivity index (χ3n) is 3.86. The molecule has 124 valence electrons. The fraction of sp³-hybridized carbons (Fsp3) is 0.471. The van der Waals surface area contributed by atoms with Gasteiger partial charge in [0.05, 0.1) is 5.69 Å². The van der Waals surface area contributed by atoms with Crippen molar-refractivity contribution in [3.63, 3.8) is 0 Å². The van der Waals surface area contributed by atoms with Gasteiger partial charge in [-0.1, -0.05) is 24.7 Å². The van der Waals surface area contributed by atoms with Crippen LogP contribution in [0.2, 0.25) is 0 Å². The number of nitrogens with zero attached hydrogens (tertiary/aromatic N) is 1. The minimum absolute atomic E-state index is 0.0196. The van der Waals surface area contributed by atoms with E-state index in [2.05, 4.69) is 23.9 Å². The second-order valence-corrected chi connectivity index (χ2v) is 6.83. The number of unbranched alkanes of at least 4 members (excludes halogenated alkanes) is 1. The van der Waals surface area contributed by atoms with Crippen LogP contribution in [0.3, 0.4) is 0 Å². The van der Waals surface area contributed by atoms with Crippen LogP contribution in [0.5, 0.6) is 11.5 Å². The lowest BCUT2D eigenvalue weighted by Crippen LogP contribution is -2.18. The molecular weight excluding hydrogens is 312 g/mol. The average molecular weight is 334 g/mol. The van der Waals surface area contributed by atoms with Crippen molar-refractivity contribution in [2.75, 3.05) is 26.8 Å². The van der Waals surface area contributed by atoms with E-state index in [0.717, 1.165) is 47.1 Å². The Morgan fingerprint density at radius 1 is 1.26 bits per heavy atom. The lowest BCUT2D eigenvalue weighted by atomic mass is 10.1. The van der Waals surface area contributed by atoms with E-state index in [-0.39, 0.29) is 4.87 Å². The van der Waals surface area contributed by atoms with Crippen molar-refractivity contribution in [3.8, 4) is 22.8 Å². The minimum Gasteiger partial charge on any atom is -0.486 e. The number of hydrogen-bond donors (Lipinski definition) is 1. The van der Waals surface area contributed by atoms with Gasteiger partial charge < -0.3 is 19.4 Å². The summed E-state index contributed by atoms with van der Waals surface area (Å²) in [6, 6.07) is 5.83. The van der Waals surface area contributed by atoms with Crippen molar-refractivity contribution in [3.05, 3.63) is 32.7 Å². The summed E-state index contributed by atoms with van der Waals surface area (Å²) in [7, 11) is 2.09. The predicted octanol–water partition coefficient (Wildman–Crippen LogP) is 3.11. The molecule has 0 radical (unpaired) electrons. The molecule has 1 aromatic carbocycles. The molecule has 0 saturated heterocycles. The zero-order chi connectivity index (χ0) is 16.2. The average Bonchev–Trinajstić information content (AvgIpc) is 2.92. The Bertz CT molecular complexity index is 723. The van der Waals surface area contributed by atoms with Crippen LogP contribution in [-0.2, 0) is 6.54 Å². The summed E-state index contributed by atoms with van der Waals surface area (Å²) < 4.78 is 11.2. The van der Waals surface area contributed by atoms with Crippen molar-refractivity contribution in [2.45, 2.75) is 26.3 Å². The van der Waals surface area contributed by atoms with Crippen LogP contribution in [0.1, 0.15) is 24.6 Å². The van der Waals surface area contributed by atoms with Gasteiger partial charge in [0.2, 0.25) is 0 Å². The van der Waals surface area contributed by atoms with Gasteiger partial charge in [-0.2, -0.15) is 0 Å². The summed E-state index contributed by atoms with van der Waals surface area (Å²) in [5, 5.41) is 0. The predicted molar refractivity (Wildman–Crippen MR) is 92.6 cm³/mol. The number of aromatic nitrogens is 1. The summed E-state index contributed by atoms with van der Waals surface area (Å²) in [6.07, 6.45) is 2.33. The molecular formula is C17H22N2O3S. The van der Waals surface area contributed by atoms with Gasteiger partial charge in [-0.15, -0.1) is 0 Å². The third-order valence-corrected chi connectivity index (χ3v) is 4.73. The van der Waals surface area contributed by atoms with E-state index in [4.69, 9.17) is 9.47 Å². The van der Waals surface area contributed by atoms with Crippen LogP contribution < -0.4 is 14.3 Å². The molecule has 0 fully saturated rings. The topological polar surface area (TPSA) is 54.6 Å². The number of H-pyrrole nitrogens is 1. The molecule has 23 heavy (non-hydrogen) atoms. The van der Waals surface area contributed by atoms with Gasteiger partial charge in [0.25, 0.3) is 0 Å². The molecule has 1 aromatic heterocycles. The van der Waals surface area contributed by atoms with Gasteiger partial charge >= 0.3 is 4.87 Å².